The summed E-state index contributed by atoms with van der Waals surface area (Å²) in [6.45, 7) is 4.37. The molecule has 3 rings (SSSR count). The Balaban J connectivity index is 1.59. The van der Waals surface area contributed by atoms with E-state index in [1.54, 1.807) is 0 Å². The molecule has 4 heteroatoms. The van der Waals surface area contributed by atoms with Crippen LogP contribution < -0.4 is 14.8 Å². The van der Waals surface area contributed by atoms with Crippen LogP contribution in [0.1, 0.15) is 16.7 Å². The van der Waals surface area contributed by atoms with Crippen LogP contribution in [0.25, 0.3) is 0 Å². The third kappa shape index (κ3) is 5.35. The molecule has 0 heterocycles. The van der Waals surface area contributed by atoms with Crippen molar-refractivity contribution in [2.24, 2.45) is 0 Å². The third-order valence-corrected chi connectivity index (χ3v) is 4.09. The van der Waals surface area contributed by atoms with Gasteiger partial charge in [0.25, 0.3) is 5.91 Å². The summed E-state index contributed by atoms with van der Waals surface area (Å²) in [5.74, 6) is 1.11. The maximum Gasteiger partial charge on any atom is 0.262 e. The number of ether oxygens (including phenoxy) is 2. The van der Waals surface area contributed by atoms with E-state index in [9.17, 15) is 4.79 Å². The second-order valence-electron chi connectivity index (χ2n) is 6.38. The summed E-state index contributed by atoms with van der Waals surface area (Å²) >= 11 is 0. The highest BCUT2D eigenvalue weighted by Crippen LogP contribution is 2.25. The van der Waals surface area contributed by atoms with Gasteiger partial charge in [-0.05, 0) is 43.2 Å². The van der Waals surface area contributed by atoms with Crippen molar-refractivity contribution in [3.8, 4) is 11.5 Å². The average molecular weight is 361 g/mol. The molecule has 1 N–H and O–H groups in total. The molecule has 3 aromatic carbocycles. The normalized spacial score (nSPS) is 10.3. The highest BCUT2D eigenvalue weighted by Gasteiger charge is 2.09. The van der Waals surface area contributed by atoms with Gasteiger partial charge < -0.3 is 14.8 Å². The zero-order chi connectivity index (χ0) is 19.1. The molecule has 3 aromatic rings. The van der Waals surface area contributed by atoms with Crippen LogP contribution in [0.3, 0.4) is 0 Å². The summed E-state index contributed by atoms with van der Waals surface area (Å²) in [4.78, 5) is 12.3. The SMILES string of the molecule is Cc1ccc(OCC(=O)Nc2ccccc2OCc2ccccc2)c(C)c1. The highest BCUT2D eigenvalue weighted by molar-refractivity contribution is 5.93. The molecule has 0 spiro atoms. The first-order valence-corrected chi connectivity index (χ1v) is 8.87. The average Bonchev–Trinajstić information content (AvgIpc) is 2.67. The van der Waals surface area contributed by atoms with Crippen LogP contribution in [0, 0.1) is 13.8 Å². The molecule has 1 amide bonds. The van der Waals surface area contributed by atoms with Gasteiger partial charge in [-0.15, -0.1) is 0 Å². The minimum atomic E-state index is -0.231. The van der Waals surface area contributed by atoms with E-state index in [-0.39, 0.29) is 12.5 Å². The van der Waals surface area contributed by atoms with Gasteiger partial charge in [-0.25, -0.2) is 0 Å². The first-order chi connectivity index (χ1) is 13.1. The van der Waals surface area contributed by atoms with Gasteiger partial charge in [0.1, 0.15) is 18.1 Å². The first-order valence-electron chi connectivity index (χ1n) is 8.87. The van der Waals surface area contributed by atoms with E-state index in [1.165, 1.54) is 0 Å². The second-order valence-corrected chi connectivity index (χ2v) is 6.38. The summed E-state index contributed by atoms with van der Waals surface area (Å²) < 4.78 is 11.5. The van der Waals surface area contributed by atoms with E-state index in [2.05, 4.69) is 5.32 Å². The van der Waals surface area contributed by atoms with Crippen LogP contribution in [-0.4, -0.2) is 12.5 Å². The van der Waals surface area contributed by atoms with Crippen molar-refractivity contribution in [3.63, 3.8) is 0 Å². The van der Waals surface area contributed by atoms with Crippen LogP contribution in [0.2, 0.25) is 0 Å². The first kappa shape index (κ1) is 18.5. The lowest BCUT2D eigenvalue weighted by molar-refractivity contribution is -0.118. The molecule has 0 saturated carbocycles. The molecule has 4 nitrogen and oxygen atoms in total. The number of anilines is 1. The largest absolute Gasteiger partial charge is 0.487 e. The predicted molar refractivity (Wildman–Crippen MR) is 107 cm³/mol. The smallest absolute Gasteiger partial charge is 0.262 e. The topological polar surface area (TPSA) is 47.6 Å². The van der Waals surface area contributed by atoms with E-state index >= 15 is 0 Å². The molecule has 0 aliphatic rings. The Morgan fingerprint density at radius 3 is 2.37 bits per heavy atom. The molecular weight excluding hydrogens is 338 g/mol. The lowest BCUT2D eigenvalue weighted by Gasteiger charge is -2.13. The number of nitrogens with one attached hydrogen (secondary N) is 1. The second kappa shape index (κ2) is 8.90. The monoisotopic (exact) mass is 361 g/mol. The Hall–Kier alpha value is -3.27. The fraction of sp³-hybridized carbons (Fsp3) is 0.174. The van der Waals surface area contributed by atoms with Gasteiger partial charge in [-0.1, -0.05) is 60.2 Å². The van der Waals surface area contributed by atoms with Gasteiger partial charge in [0.05, 0.1) is 5.69 Å². The lowest BCUT2D eigenvalue weighted by atomic mass is 10.1. The van der Waals surface area contributed by atoms with Crippen molar-refractivity contribution >= 4 is 11.6 Å². The molecular formula is C23H23NO3. The molecule has 0 bridgehead atoms. The molecule has 0 aliphatic carbocycles. The Bertz CT molecular complexity index is 907. The summed E-state index contributed by atoms with van der Waals surface area (Å²) in [5.41, 5.74) is 3.86. The lowest BCUT2D eigenvalue weighted by Crippen LogP contribution is -2.20. The van der Waals surface area contributed by atoms with Gasteiger partial charge >= 0.3 is 0 Å². The molecule has 0 aliphatic heterocycles. The number of benzene rings is 3. The molecule has 0 fully saturated rings. The van der Waals surface area contributed by atoms with E-state index in [0.29, 0.717) is 23.8 Å². The highest BCUT2D eigenvalue weighted by atomic mass is 16.5. The Morgan fingerprint density at radius 2 is 1.59 bits per heavy atom. The van der Waals surface area contributed by atoms with Crippen LogP contribution in [-0.2, 0) is 11.4 Å². The van der Waals surface area contributed by atoms with Gasteiger partial charge in [-0.2, -0.15) is 0 Å². The molecule has 0 unspecified atom stereocenters. The quantitative estimate of drug-likeness (QED) is 0.651. The summed E-state index contributed by atoms with van der Waals surface area (Å²) in [5, 5.41) is 2.86. The summed E-state index contributed by atoms with van der Waals surface area (Å²) in [6.07, 6.45) is 0. The van der Waals surface area contributed by atoms with Gasteiger partial charge in [0.2, 0.25) is 0 Å². The van der Waals surface area contributed by atoms with E-state index in [0.717, 1.165) is 16.7 Å². The number of amides is 1. The number of aryl methyl sites for hydroxylation is 2. The van der Waals surface area contributed by atoms with Crippen LogP contribution in [0.5, 0.6) is 11.5 Å². The number of hydrogen-bond donors (Lipinski definition) is 1. The van der Waals surface area contributed by atoms with Crippen molar-refractivity contribution in [2.45, 2.75) is 20.5 Å². The van der Waals surface area contributed by atoms with Crippen molar-refractivity contribution < 1.29 is 14.3 Å². The van der Waals surface area contributed by atoms with Crippen molar-refractivity contribution in [3.05, 3.63) is 89.5 Å². The fourth-order valence-corrected chi connectivity index (χ4v) is 2.72. The van der Waals surface area contributed by atoms with E-state index in [1.807, 2.05) is 86.6 Å². The van der Waals surface area contributed by atoms with Gasteiger partial charge in [0, 0.05) is 0 Å². The fourth-order valence-electron chi connectivity index (χ4n) is 2.72. The maximum absolute atomic E-state index is 12.3. The predicted octanol–water partition coefficient (Wildman–Crippen LogP) is 4.90. The number of carbonyl (C=O) groups is 1. The van der Waals surface area contributed by atoms with Crippen molar-refractivity contribution in [1.82, 2.24) is 0 Å². The minimum absolute atomic E-state index is 0.0586. The van der Waals surface area contributed by atoms with Crippen LogP contribution >= 0.6 is 0 Å². The zero-order valence-electron chi connectivity index (χ0n) is 15.6. The van der Waals surface area contributed by atoms with Crippen LogP contribution in [0.15, 0.2) is 72.8 Å². The minimum Gasteiger partial charge on any atom is -0.487 e. The molecule has 138 valence electrons. The molecule has 0 aromatic heterocycles. The zero-order valence-corrected chi connectivity index (χ0v) is 15.6. The maximum atomic E-state index is 12.3. The number of para-hydroxylation sites is 2. The van der Waals surface area contributed by atoms with Crippen molar-refractivity contribution in [1.29, 1.82) is 0 Å². The Labute approximate surface area is 159 Å². The molecule has 0 saturated heterocycles. The van der Waals surface area contributed by atoms with Crippen LogP contribution in [0.4, 0.5) is 5.69 Å². The van der Waals surface area contributed by atoms with Crippen molar-refractivity contribution in [2.75, 3.05) is 11.9 Å². The molecule has 27 heavy (non-hydrogen) atoms. The Morgan fingerprint density at radius 1 is 0.852 bits per heavy atom. The number of hydrogen-bond acceptors (Lipinski definition) is 3. The van der Waals surface area contributed by atoms with Gasteiger partial charge in [0.15, 0.2) is 6.61 Å². The Kier molecular flexibility index (Phi) is 6.10. The standard InChI is InChI=1S/C23H23NO3/c1-17-12-13-21(18(2)14-17)27-16-23(25)24-20-10-6-7-11-22(20)26-15-19-8-4-3-5-9-19/h3-14H,15-16H2,1-2H3,(H,24,25). The summed E-state index contributed by atoms with van der Waals surface area (Å²) in [6, 6.07) is 23.2. The third-order valence-electron chi connectivity index (χ3n) is 4.09. The number of rotatable bonds is 7. The van der Waals surface area contributed by atoms with E-state index < -0.39 is 0 Å². The molecule has 0 radical (unpaired) electrons. The van der Waals surface area contributed by atoms with E-state index in [4.69, 9.17) is 9.47 Å². The molecule has 0 atom stereocenters. The number of carbonyl (C=O) groups excluding carboxylic acids is 1. The van der Waals surface area contributed by atoms with Gasteiger partial charge in [-0.3, -0.25) is 4.79 Å². The summed E-state index contributed by atoms with van der Waals surface area (Å²) in [7, 11) is 0.